The Labute approximate surface area is 175 Å². The maximum absolute atomic E-state index is 13.3. The van der Waals surface area contributed by atoms with Gasteiger partial charge in [-0.15, -0.1) is 0 Å². The Bertz CT molecular complexity index is 1050. The van der Waals surface area contributed by atoms with E-state index in [-0.39, 0.29) is 11.7 Å². The van der Waals surface area contributed by atoms with Crippen LogP contribution in [-0.4, -0.2) is 25.8 Å². The summed E-state index contributed by atoms with van der Waals surface area (Å²) in [6.07, 6.45) is 6.01. The van der Waals surface area contributed by atoms with Crippen LogP contribution in [0.4, 0.5) is 10.1 Å². The minimum Gasteiger partial charge on any atom is -0.455 e. The number of fused-ring (bicyclic) bond motifs is 2. The first-order valence-corrected chi connectivity index (χ1v) is 10.4. The monoisotopic (exact) mass is 412 g/mol. The molecule has 1 amide bonds. The van der Waals surface area contributed by atoms with Gasteiger partial charge < -0.3 is 15.1 Å². The number of amides is 1. The topological polar surface area (TPSA) is 54.3 Å². The Morgan fingerprint density at radius 2 is 1.93 bits per heavy atom. The van der Waals surface area contributed by atoms with E-state index in [1.807, 2.05) is 12.1 Å². The second kappa shape index (κ2) is 9.18. The van der Waals surface area contributed by atoms with Gasteiger partial charge in [-0.1, -0.05) is 6.08 Å². The van der Waals surface area contributed by atoms with E-state index in [2.05, 4.69) is 36.3 Å². The van der Waals surface area contributed by atoms with Gasteiger partial charge in [0.05, 0.1) is 5.56 Å². The fraction of sp³-hybridized carbons (Fsp3) is 0.261. The number of nitrogens with one attached hydrogen (secondary N) is 2. The number of halogens is 1. The molecule has 0 spiro atoms. The SMILES string of the molecule is CNC(=O)c1c(-c2ccc(F)cc2)oc2cc3c(cc12)/C(C)=C\CCCN3.CS. The number of thiol groups is 1. The predicted molar refractivity (Wildman–Crippen MR) is 121 cm³/mol. The first-order valence-electron chi connectivity index (χ1n) is 9.53. The van der Waals surface area contributed by atoms with Crippen molar-refractivity contribution in [3.05, 3.63) is 59.4 Å². The molecule has 0 aliphatic carbocycles. The largest absolute Gasteiger partial charge is 0.455 e. The maximum Gasteiger partial charge on any atom is 0.255 e. The molecule has 2 aromatic carbocycles. The molecule has 0 radical (unpaired) electrons. The third-order valence-corrected chi connectivity index (χ3v) is 4.96. The van der Waals surface area contributed by atoms with E-state index in [0.29, 0.717) is 22.5 Å². The van der Waals surface area contributed by atoms with Crippen molar-refractivity contribution in [1.82, 2.24) is 5.32 Å². The Morgan fingerprint density at radius 1 is 1.21 bits per heavy atom. The molecule has 3 aromatic rings. The summed E-state index contributed by atoms with van der Waals surface area (Å²) in [7, 11) is 1.59. The molecular weight excluding hydrogens is 387 g/mol. The van der Waals surface area contributed by atoms with Gasteiger partial charge in [-0.2, -0.15) is 12.6 Å². The van der Waals surface area contributed by atoms with Gasteiger partial charge in [-0.3, -0.25) is 4.79 Å². The number of carbonyl (C=O) groups is 1. The second-order valence-corrected chi connectivity index (χ2v) is 6.74. The zero-order chi connectivity index (χ0) is 21.0. The van der Waals surface area contributed by atoms with Crippen LogP contribution in [0.2, 0.25) is 0 Å². The molecule has 2 N–H and O–H groups in total. The lowest BCUT2D eigenvalue weighted by Crippen LogP contribution is -2.18. The highest BCUT2D eigenvalue weighted by Crippen LogP contribution is 2.38. The Hall–Kier alpha value is -2.73. The highest BCUT2D eigenvalue weighted by molar-refractivity contribution is 7.79. The van der Waals surface area contributed by atoms with Crippen LogP contribution in [-0.2, 0) is 0 Å². The number of allylic oxidation sites excluding steroid dienone is 2. The molecule has 0 bridgehead atoms. The number of benzene rings is 2. The molecule has 29 heavy (non-hydrogen) atoms. The third-order valence-electron chi connectivity index (χ3n) is 4.96. The van der Waals surface area contributed by atoms with Crippen LogP contribution in [0.3, 0.4) is 0 Å². The van der Waals surface area contributed by atoms with Gasteiger partial charge in [0.2, 0.25) is 0 Å². The summed E-state index contributed by atoms with van der Waals surface area (Å²) in [6.45, 7) is 2.97. The summed E-state index contributed by atoms with van der Waals surface area (Å²) < 4.78 is 19.4. The number of furan rings is 1. The van der Waals surface area contributed by atoms with E-state index in [1.165, 1.54) is 17.7 Å². The summed E-state index contributed by atoms with van der Waals surface area (Å²) >= 11 is 3.53. The van der Waals surface area contributed by atoms with Gasteiger partial charge in [-0.05, 0) is 61.9 Å². The molecule has 1 aromatic heterocycles. The van der Waals surface area contributed by atoms with Crippen LogP contribution >= 0.6 is 12.6 Å². The van der Waals surface area contributed by atoms with Gasteiger partial charge in [-0.25, -0.2) is 4.39 Å². The van der Waals surface area contributed by atoms with E-state index in [0.717, 1.165) is 36.0 Å². The van der Waals surface area contributed by atoms with E-state index < -0.39 is 0 Å². The predicted octanol–water partition coefficient (Wildman–Crippen LogP) is 5.75. The molecule has 1 aliphatic heterocycles. The average Bonchev–Trinajstić information content (AvgIpc) is 3.11. The average molecular weight is 413 g/mol. The summed E-state index contributed by atoms with van der Waals surface area (Å²) in [5, 5.41) is 6.90. The molecular formula is C23H25FN2O2S. The van der Waals surface area contributed by atoms with Crippen molar-refractivity contribution >= 4 is 40.8 Å². The molecule has 152 valence electrons. The van der Waals surface area contributed by atoms with Crippen molar-refractivity contribution in [3.8, 4) is 11.3 Å². The highest BCUT2D eigenvalue weighted by atomic mass is 32.1. The second-order valence-electron chi connectivity index (χ2n) is 6.74. The first kappa shape index (κ1) is 21.0. The van der Waals surface area contributed by atoms with E-state index in [4.69, 9.17) is 4.42 Å². The highest BCUT2D eigenvalue weighted by Gasteiger charge is 2.23. The van der Waals surface area contributed by atoms with Gasteiger partial charge in [0.25, 0.3) is 5.91 Å². The van der Waals surface area contributed by atoms with Crippen LogP contribution in [0.1, 0.15) is 35.7 Å². The van der Waals surface area contributed by atoms with E-state index in [9.17, 15) is 9.18 Å². The Kier molecular flexibility index (Phi) is 6.64. The molecule has 0 saturated heterocycles. The van der Waals surface area contributed by atoms with Gasteiger partial charge >= 0.3 is 0 Å². The van der Waals surface area contributed by atoms with Crippen LogP contribution in [0, 0.1) is 5.82 Å². The molecule has 4 rings (SSSR count). The summed E-state index contributed by atoms with van der Waals surface area (Å²) in [6, 6.07) is 9.94. The summed E-state index contributed by atoms with van der Waals surface area (Å²) in [5.41, 5.74) is 5.01. The van der Waals surface area contributed by atoms with Gasteiger partial charge in [0.15, 0.2) is 0 Å². The molecule has 4 nitrogen and oxygen atoms in total. The molecule has 2 heterocycles. The quantitative estimate of drug-likeness (QED) is 0.470. The lowest BCUT2D eigenvalue weighted by Gasteiger charge is -2.15. The Morgan fingerprint density at radius 3 is 2.62 bits per heavy atom. The van der Waals surface area contributed by atoms with Crippen molar-refractivity contribution in [2.45, 2.75) is 19.8 Å². The Balaban J connectivity index is 0.00000117. The fourth-order valence-corrected chi connectivity index (χ4v) is 3.52. The molecule has 6 heteroatoms. The molecule has 0 fully saturated rings. The van der Waals surface area contributed by atoms with Crippen molar-refractivity contribution in [2.24, 2.45) is 0 Å². The minimum absolute atomic E-state index is 0.228. The van der Waals surface area contributed by atoms with Gasteiger partial charge in [0, 0.05) is 41.9 Å². The van der Waals surface area contributed by atoms with Crippen LogP contribution in [0.15, 0.2) is 46.9 Å². The van der Waals surface area contributed by atoms with Crippen LogP contribution in [0.5, 0.6) is 0 Å². The number of hydrogen-bond donors (Lipinski definition) is 3. The lowest BCUT2D eigenvalue weighted by molar-refractivity contribution is 0.0964. The lowest BCUT2D eigenvalue weighted by atomic mass is 9.97. The zero-order valence-electron chi connectivity index (χ0n) is 16.8. The third kappa shape index (κ3) is 4.17. The standard InChI is InChI=1S/C22H21FN2O2.CH4S/c1-13-5-3-4-10-25-18-12-19-17(11-16(13)18)20(22(26)24-2)21(27-19)14-6-8-15(23)9-7-14;1-2/h5-9,11-12,25H,3-4,10H2,1-2H3,(H,24,26);2H,1H3/b13-5-;. The summed E-state index contributed by atoms with van der Waals surface area (Å²) in [4.78, 5) is 12.6. The van der Waals surface area contributed by atoms with E-state index in [1.54, 1.807) is 25.4 Å². The van der Waals surface area contributed by atoms with Crippen molar-refractivity contribution in [2.75, 3.05) is 25.2 Å². The summed E-state index contributed by atoms with van der Waals surface area (Å²) in [5.74, 6) is -0.110. The van der Waals surface area contributed by atoms with E-state index >= 15 is 0 Å². The number of carbonyl (C=O) groups excluding carboxylic acids is 1. The normalized spacial score (nSPS) is 15.0. The smallest absolute Gasteiger partial charge is 0.255 e. The first-order chi connectivity index (χ1) is 14.1. The minimum atomic E-state index is -0.329. The number of rotatable bonds is 2. The zero-order valence-corrected chi connectivity index (χ0v) is 17.7. The molecule has 0 unspecified atom stereocenters. The number of hydrogen-bond acceptors (Lipinski definition) is 4. The van der Waals surface area contributed by atoms with Gasteiger partial charge in [0.1, 0.15) is 17.2 Å². The van der Waals surface area contributed by atoms with Crippen LogP contribution in [0.25, 0.3) is 27.9 Å². The fourth-order valence-electron chi connectivity index (χ4n) is 3.52. The molecule has 0 saturated carbocycles. The number of anilines is 1. The maximum atomic E-state index is 13.3. The van der Waals surface area contributed by atoms with Crippen LogP contribution < -0.4 is 10.6 Å². The molecule has 1 aliphatic rings. The van der Waals surface area contributed by atoms with Crippen molar-refractivity contribution in [1.29, 1.82) is 0 Å². The van der Waals surface area contributed by atoms with Crippen molar-refractivity contribution < 1.29 is 13.6 Å². The van der Waals surface area contributed by atoms with Crippen molar-refractivity contribution in [3.63, 3.8) is 0 Å². The molecule has 0 atom stereocenters.